The first-order valence-corrected chi connectivity index (χ1v) is 9.63. The molecule has 4 rings (SSSR count). The molecule has 8 heteroatoms. The molecule has 0 aliphatic carbocycles. The third kappa shape index (κ3) is 3.46. The molecule has 1 N–H and O–H groups in total. The molecule has 0 bridgehead atoms. The number of aryl methyl sites for hydroxylation is 1. The molecule has 28 heavy (non-hydrogen) atoms. The molecule has 0 fully saturated rings. The van der Waals surface area contributed by atoms with E-state index in [9.17, 15) is 9.59 Å². The van der Waals surface area contributed by atoms with E-state index in [1.54, 1.807) is 24.3 Å². The van der Waals surface area contributed by atoms with Gasteiger partial charge in [0, 0.05) is 30.6 Å². The van der Waals surface area contributed by atoms with E-state index in [-0.39, 0.29) is 17.4 Å². The molecule has 0 radical (unpaired) electrons. The van der Waals surface area contributed by atoms with Gasteiger partial charge in [-0.25, -0.2) is 4.98 Å². The van der Waals surface area contributed by atoms with Gasteiger partial charge in [0.15, 0.2) is 11.4 Å². The van der Waals surface area contributed by atoms with Crippen LogP contribution in [0.5, 0.6) is 0 Å². The van der Waals surface area contributed by atoms with E-state index in [1.807, 2.05) is 35.9 Å². The summed E-state index contributed by atoms with van der Waals surface area (Å²) < 4.78 is 1.98. The predicted molar refractivity (Wildman–Crippen MR) is 110 cm³/mol. The zero-order chi connectivity index (χ0) is 19.7. The number of hydrogen-bond donors (Lipinski definition) is 1. The largest absolute Gasteiger partial charge is 0.327 e. The third-order valence-corrected chi connectivity index (χ3v) is 5.18. The molecule has 0 spiro atoms. The van der Waals surface area contributed by atoms with Crippen LogP contribution in [0, 0.1) is 0 Å². The van der Waals surface area contributed by atoms with Gasteiger partial charge < -0.3 is 9.88 Å². The number of fused-ring (bicyclic) bond motifs is 3. The number of ketones is 1. The number of carbonyl (C=O) groups excluding carboxylic acids is 2. The summed E-state index contributed by atoms with van der Waals surface area (Å²) in [5.41, 5.74) is 3.76. The first-order valence-electron chi connectivity index (χ1n) is 8.64. The zero-order valence-electron chi connectivity index (χ0n) is 15.3. The van der Waals surface area contributed by atoms with E-state index < -0.39 is 0 Å². The van der Waals surface area contributed by atoms with Gasteiger partial charge in [-0.1, -0.05) is 30.0 Å². The number of Topliss-reactive ketones (excluding diaryl/α,β-unsaturated/α-hetero) is 1. The van der Waals surface area contributed by atoms with Crippen LogP contribution in [0.4, 0.5) is 5.69 Å². The number of para-hydroxylation sites is 1. The molecule has 0 saturated carbocycles. The van der Waals surface area contributed by atoms with Gasteiger partial charge in [0.2, 0.25) is 11.1 Å². The lowest BCUT2D eigenvalue weighted by Gasteiger charge is -2.04. The summed E-state index contributed by atoms with van der Waals surface area (Å²) in [6.07, 6.45) is 0. The molecule has 1 amide bonds. The van der Waals surface area contributed by atoms with Gasteiger partial charge in [-0.15, -0.1) is 10.2 Å². The summed E-state index contributed by atoms with van der Waals surface area (Å²) >= 11 is 1.25. The molecule has 0 atom stereocenters. The minimum atomic E-state index is -0.150. The highest BCUT2D eigenvalue weighted by Crippen LogP contribution is 2.26. The van der Waals surface area contributed by atoms with Crippen molar-refractivity contribution in [3.05, 3.63) is 54.1 Å². The molecule has 140 valence electrons. The number of nitrogens with one attached hydrogen (secondary N) is 1. The van der Waals surface area contributed by atoms with E-state index in [0.29, 0.717) is 16.4 Å². The summed E-state index contributed by atoms with van der Waals surface area (Å²) in [6.45, 7) is 1.44. The van der Waals surface area contributed by atoms with Gasteiger partial charge in [0.05, 0.1) is 11.3 Å². The lowest BCUT2D eigenvalue weighted by atomic mass is 10.1. The summed E-state index contributed by atoms with van der Waals surface area (Å²) in [7, 11) is 1.94. The SMILES string of the molecule is CC(=O)Nc1ccc(C(=O)CSc2nnc3c4ccccc4n(C)c3n2)cc1. The molecule has 0 aliphatic heterocycles. The molecule has 2 aromatic carbocycles. The Labute approximate surface area is 165 Å². The van der Waals surface area contributed by atoms with Crippen molar-refractivity contribution in [3.8, 4) is 0 Å². The van der Waals surface area contributed by atoms with E-state index in [1.165, 1.54) is 18.7 Å². The second-order valence-corrected chi connectivity index (χ2v) is 7.26. The monoisotopic (exact) mass is 391 g/mol. The first kappa shape index (κ1) is 18.1. The number of anilines is 1. The fourth-order valence-corrected chi connectivity index (χ4v) is 3.69. The average Bonchev–Trinajstić information content (AvgIpc) is 2.98. The van der Waals surface area contributed by atoms with Gasteiger partial charge in [0.25, 0.3) is 0 Å². The van der Waals surface area contributed by atoms with Crippen LogP contribution in [0.25, 0.3) is 22.1 Å². The van der Waals surface area contributed by atoms with Gasteiger partial charge in [-0.05, 0) is 30.3 Å². The number of rotatable bonds is 5. The topological polar surface area (TPSA) is 89.8 Å². The Bertz CT molecular complexity index is 1200. The highest BCUT2D eigenvalue weighted by Gasteiger charge is 2.14. The van der Waals surface area contributed by atoms with Crippen LogP contribution in [-0.2, 0) is 11.8 Å². The van der Waals surface area contributed by atoms with E-state index in [4.69, 9.17) is 0 Å². The van der Waals surface area contributed by atoms with Crippen LogP contribution in [-0.4, -0.2) is 37.2 Å². The molecule has 2 heterocycles. The quantitative estimate of drug-likeness (QED) is 0.414. The molecular weight excluding hydrogens is 374 g/mol. The number of carbonyl (C=O) groups is 2. The molecule has 0 aliphatic rings. The van der Waals surface area contributed by atoms with Crippen LogP contribution in [0.2, 0.25) is 0 Å². The standard InChI is InChI=1S/C20H17N5O2S/c1-12(26)21-14-9-7-13(8-10-14)17(27)11-28-20-22-19-18(23-24-20)15-5-3-4-6-16(15)25(19)2/h3-10H,11H2,1-2H3,(H,21,26). The van der Waals surface area contributed by atoms with Crippen molar-refractivity contribution < 1.29 is 9.59 Å². The van der Waals surface area contributed by atoms with Crippen LogP contribution in [0.3, 0.4) is 0 Å². The lowest BCUT2D eigenvalue weighted by Crippen LogP contribution is -2.07. The van der Waals surface area contributed by atoms with Gasteiger partial charge >= 0.3 is 0 Å². The highest BCUT2D eigenvalue weighted by atomic mass is 32.2. The van der Waals surface area contributed by atoms with Crippen molar-refractivity contribution >= 4 is 51.2 Å². The second kappa shape index (κ2) is 7.40. The number of nitrogens with zero attached hydrogens (tertiary/aromatic N) is 4. The molecular formula is C20H17N5O2S. The number of benzene rings is 2. The van der Waals surface area contributed by atoms with Gasteiger partial charge in [-0.3, -0.25) is 9.59 Å². The molecule has 4 aromatic rings. The Hall–Kier alpha value is -3.26. The van der Waals surface area contributed by atoms with Crippen LogP contribution < -0.4 is 5.32 Å². The number of thioether (sulfide) groups is 1. The fraction of sp³-hybridized carbons (Fsp3) is 0.150. The average molecular weight is 391 g/mol. The predicted octanol–water partition coefficient (Wildman–Crippen LogP) is 3.45. The Morgan fingerprint density at radius 1 is 1.07 bits per heavy atom. The smallest absolute Gasteiger partial charge is 0.221 e. The maximum absolute atomic E-state index is 12.4. The highest BCUT2D eigenvalue weighted by molar-refractivity contribution is 7.99. The molecule has 0 unspecified atom stereocenters. The van der Waals surface area contributed by atoms with Crippen LogP contribution in [0.15, 0.2) is 53.7 Å². The van der Waals surface area contributed by atoms with Crippen molar-refractivity contribution in [1.82, 2.24) is 19.7 Å². The molecule has 2 aromatic heterocycles. The fourth-order valence-electron chi connectivity index (χ4n) is 3.01. The Morgan fingerprint density at radius 3 is 2.57 bits per heavy atom. The summed E-state index contributed by atoms with van der Waals surface area (Å²) in [5.74, 6) is 0.0134. The lowest BCUT2D eigenvalue weighted by molar-refractivity contribution is -0.114. The van der Waals surface area contributed by atoms with E-state index in [2.05, 4.69) is 20.5 Å². The van der Waals surface area contributed by atoms with E-state index in [0.717, 1.165) is 22.1 Å². The van der Waals surface area contributed by atoms with Crippen molar-refractivity contribution in [3.63, 3.8) is 0 Å². The van der Waals surface area contributed by atoms with Gasteiger partial charge in [-0.2, -0.15) is 0 Å². The summed E-state index contributed by atoms with van der Waals surface area (Å²) in [6, 6.07) is 14.7. The normalized spacial score (nSPS) is 11.1. The number of hydrogen-bond acceptors (Lipinski definition) is 6. The Balaban J connectivity index is 1.50. The Morgan fingerprint density at radius 2 is 1.82 bits per heavy atom. The molecule has 7 nitrogen and oxygen atoms in total. The third-order valence-electron chi connectivity index (χ3n) is 4.35. The molecule has 0 saturated heterocycles. The zero-order valence-corrected chi connectivity index (χ0v) is 16.2. The minimum absolute atomic E-state index is 0.0416. The number of aromatic nitrogens is 4. The summed E-state index contributed by atoms with van der Waals surface area (Å²) in [5, 5.41) is 12.6. The number of amides is 1. The van der Waals surface area contributed by atoms with Crippen LogP contribution >= 0.6 is 11.8 Å². The summed E-state index contributed by atoms with van der Waals surface area (Å²) in [4.78, 5) is 28.1. The van der Waals surface area contributed by atoms with Crippen LogP contribution in [0.1, 0.15) is 17.3 Å². The van der Waals surface area contributed by atoms with Crippen molar-refractivity contribution in [2.24, 2.45) is 7.05 Å². The van der Waals surface area contributed by atoms with Crippen molar-refractivity contribution in [2.75, 3.05) is 11.1 Å². The van der Waals surface area contributed by atoms with Gasteiger partial charge in [0.1, 0.15) is 5.52 Å². The second-order valence-electron chi connectivity index (χ2n) is 6.31. The van der Waals surface area contributed by atoms with Crippen molar-refractivity contribution in [1.29, 1.82) is 0 Å². The maximum Gasteiger partial charge on any atom is 0.221 e. The minimum Gasteiger partial charge on any atom is -0.327 e. The Kier molecular flexibility index (Phi) is 4.79. The van der Waals surface area contributed by atoms with E-state index >= 15 is 0 Å². The van der Waals surface area contributed by atoms with Crippen molar-refractivity contribution in [2.45, 2.75) is 12.1 Å². The maximum atomic E-state index is 12.4. The first-order chi connectivity index (χ1) is 13.5.